The average Bonchev–Trinajstić information content (AvgIpc) is 2.70. The zero-order valence-electron chi connectivity index (χ0n) is 9.30. The molecule has 0 amide bonds. The van der Waals surface area contributed by atoms with Crippen molar-refractivity contribution < 1.29 is 9.13 Å². The third-order valence-electron chi connectivity index (χ3n) is 2.87. The smallest absolute Gasteiger partial charge is 0.168 e. The number of methoxy groups -OCH3 is 1. The van der Waals surface area contributed by atoms with Crippen molar-refractivity contribution in [3.8, 4) is 5.75 Å². The van der Waals surface area contributed by atoms with Gasteiger partial charge in [0.2, 0.25) is 0 Å². The molecule has 0 atom stereocenters. The van der Waals surface area contributed by atoms with E-state index in [2.05, 4.69) is 20.8 Å². The molecular weight excluding hydrogens is 273 g/mol. The Morgan fingerprint density at radius 2 is 2.06 bits per heavy atom. The lowest BCUT2D eigenvalue weighted by Crippen LogP contribution is -2.18. The molecule has 16 heavy (non-hydrogen) atoms. The second-order valence-corrected chi connectivity index (χ2v) is 4.93. The van der Waals surface area contributed by atoms with Crippen LogP contribution < -0.4 is 4.74 Å². The normalized spacial score (nSPS) is 16.7. The first kappa shape index (κ1) is 11.9. The Labute approximate surface area is 104 Å². The molecule has 0 bridgehead atoms. The molecule has 1 heterocycles. The van der Waals surface area contributed by atoms with Gasteiger partial charge < -0.3 is 4.74 Å². The Balaban J connectivity index is 2.15. The molecule has 1 aliphatic heterocycles. The van der Waals surface area contributed by atoms with Gasteiger partial charge in [0.15, 0.2) is 11.6 Å². The maximum absolute atomic E-state index is 13.6. The molecule has 0 saturated carbocycles. The van der Waals surface area contributed by atoms with Crippen LogP contribution in [0.25, 0.3) is 0 Å². The molecule has 0 N–H and O–H groups in total. The molecule has 2 nitrogen and oxygen atoms in total. The van der Waals surface area contributed by atoms with Gasteiger partial charge in [-0.2, -0.15) is 0 Å². The van der Waals surface area contributed by atoms with E-state index in [1.807, 2.05) is 6.07 Å². The Kier molecular flexibility index (Phi) is 3.82. The Morgan fingerprint density at radius 3 is 2.62 bits per heavy atom. The van der Waals surface area contributed by atoms with Crippen LogP contribution >= 0.6 is 15.9 Å². The summed E-state index contributed by atoms with van der Waals surface area (Å²) in [5.74, 6) is -0.0174. The highest BCUT2D eigenvalue weighted by molar-refractivity contribution is 9.10. The van der Waals surface area contributed by atoms with Crippen molar-refractivity contribution in [2.75, 3.05) is 20.2 Å². The van der Waals surface area contributed by atoms with Gasteiger partial charge in [0.1, 0.15) is 0 Å². The monoisotopic (exact) mass is 287 g/mol. The molecule has 1 aromatic rings. The Hall–Kier alpha value is -0.610. The van der Waals surface area contributed by atoms with Gasteiger partial charge in [-0.1, -0.05) is 0 Å². The summed E-state index contributed by atoms with van der Waals surface area (Å²) in [5, 5.41) is 0. The van der Waals surface area contributed by atoms with Crippen LogP contribution in [-0.4, -0.2) is 25.1 Å². The zero-order chi connectivity index (χ0) is 11.5. The quantitative estimate of drug-likeness (QED) is 0.847. The van der Waals surface area contributed by atoms with E-state index in [0.29, 0.717) is 4.47 Å². The van der Waals surface area contributed by atoms with E-state index in [4.69, 9.17) is 4.74 Å². The Morgan fingerprint density at radius 1 is 1.38 bits per heavy atom. The van der Waals surface area contributed by atoms with E-state index < -0.39 is 0 Å². The summed E-state index contributed by atoms with van der Waals surface area (Å²) in [7, 11) is 1.48. The number of nitrogens with zero attached hydrogens (tertiary/aromatic N) is 1. The SMILES string of the molecule is COc1c(F)cc(CN2CCCC2)cc1Br. The van der Waals surface area contributed by atoms with E-state index in [0.717, 1.165) is 25.2 Å². The van der Waals surface area contributed by atoms with E-state index in [1.54, 1.807) is 6.07 Å². The molecule has 0 aliphatic carbocycles. The summed E-state index contributed by atoms with van der Waals surface area (Å²) in [6.07, 6.45) is 2.50. The number of hydrogen-bond acceptors (Lipinski definition) is 2. The third kappa shape index (κ3) is 2.55. The molecule has 2 rings (SSSR count). The maximum atomic E-state index is 13.6. The molecule has 0 aromatic heterocycles. The third-order valence-corrected chi connectivity index (χ3v) is 3.46. The molecule has 88 valence electrons. The van der Waals surface area contributed by atoms with Gasteiger partial charge in [0, 0.05) is 6.54 Å². The Bertz CT molecular complexity index is 354. The topological polar surface area (TPSA) is 12.5 Å². The summed E-state index contributed by atoms with van der Waals surface area (Å²) < 4.78 is 19.3. The molecule has 4 heteroatoms. The minimum Gasteiger partial charge on any atom is -0.492 e. The van der Waals surface area contributed by atoms with Gasteiger partial charge in [-0.05, 0) is 59.6 Å². The number of hydrogen-bond donors (Lipinski definition) is 0. The molecule has 1 saturated heterocycles. The van der Waals surface area contributed by atoms with Gasteiger partial charge in [0.25, 0.3) is 0 Å². The van der Waals surface area contributed by atoms with Gasteiger partial charge in [0.05, 0.1) is 11.6 Å². The number of halogens is 2. The first-order chi connectivity index (χ1) is 7.70. The second kappa shape index (κ2) is 5.15. The van der Waals surface area contributed by atoms with E-state index in [9.17, 15) is 4.39 Å². The van der Waals surface area contributed by atoms with Gasteiger partial charge in [-0.3, -0.25) is 4.90 Å². The van der Waals surface area contributed by atoms with Gasteiger partial charge in [-0.15, -0.1) is 0 Å². The predicted octanol–water partition coefficient (Wildman–Crippen LogP) is 3.19. The number of ether oxygens (including phenoxy) is 1. The molecular formula is C12H15BrFNO. The maximum Gasteiger partial charge on any atom is 0.168 e. The summed E-state index contributed by atoms with van der Waals surface area (Å²) in [6, 6.07) is 3.49. The van der Waals surface area contributed by atoms with Crippen LogP contribution in [0.3, 0.4) is 0 Å². The lowest BCUT2D eigenvalue weighted by atomic mass is 10.2. The van der Waals surface area contributed by atoms with Crippen molar-refractivity contribution in [1.29, 1.82) is 0 Å². The minimum absolute atomic E-state index is 0.283. The highest BCUT2D eigenvalue weighted by Crippen LogP contribution is 2.30. The highest BCUT2D eigenvalue weighted by Gasteiger charge is 2.14. The summed E-state index contributed by atoms with van der Waals surface area (Å²) in [6.45, 7) is 3.05. The molecule has 0 radical (unpaired) electrons. The zero-order valence-corrected chi connectivity index (χ0v) is 10.9. The fourth-order valence-corrected chi connectivity index (χ4v) is 2.74. The predicted molar refractivity (Wildman–Crippen MR) is 65.2 cm³/mol. The number of rotatable bonds is 3. The van der Waals surface area contributed by atoms with Crippen molar-refractivity contribution in [2.24, 2.45) is 0 Å². The molecule has 0 spiro atoms. The first-order valence-corrected chi connectivity index (χ1v) is 6.24. The van der Waals surface area contributed by atoms with Gasteiger partial charge >= 0.3 is 0 Å². The van der Waals surface area contributed by atoms with Crippen molar-refractivity contribution >= 4 is 15.9 Å². The van der Waals surface area contributed by atoms with Crippen LogP contribution in [-0.2, 0) is 6.54 Å². The molecule has 1 fully saturated rings. The van der Waals surface area contributed by atoms with Crippen LogP contribution in [0.4, 0.5) is 4.39 Å². The highest BCUT2D eigenvalue weighted by atomic mass is 79.9. The average molecular weight is 288 g/mol. The van der Waals surface area contributed by atoms with Gasteiger partial charge in [-0.25, -0.2) is 4.39 Å². The minimum atomic E-state index is -0.300. The van der Waals surface area contributed by atoms with Crippen molar-refractivity contribution in [1.82, 2.24) is 4.90 Å². The van der Waals surface area contributed by atoms with E-state index >= 15 is 0 Å². The van der Waals surface area contributed by atoms with Crippen LogP contribution in [0.5, 0.6) is 5.75 Å². The standard InChI is InChI=1S/C12H15BrFNO/c1-16-12-10(13)6-9(7-11(12)14)8-15-4-2-3-5-15/h6-7H,2-5,8H2,1H3. The summed E-state index contributed by atoms with van der Waals surface area (Å²) >= 11 is 3.32. The summed E-state index contributed by atoms with van der Waals surface area (Å²) in [4.78, 5) is 2.34. The molecule has 0 unspecified atom stereocenters. The molecule has 1 aromatic carbocycles. The fourth-order valence-electron chi connectivity index (χ4n) is 2.10. The van der Waals surface area contributed by atoms with Crippen molar-refractivity contribution in [3.05, 3.63) is 28.0 Å². The first-order valence-electron chi connectivity index (χ1n) is 5.45. The fraction of sp³-hybridized carbons (Fsp3) is 0.500. The van der Waals surface area contributed by atoms with Crippen LogP contribution in [0.2, 0.25) is 0 Å². The second-order valence-electron chi connectivity index (χ2n) is 4.08. The van der Waals surface area contributed by atoms with Crippen LogP contribution in [0.15, 0.2) is 16.6 Å². The number of likely N-dealkylation sites (tertiary alicyclic amines) is 1. The van der Waals surface area contributed by atoms with Crippen LogP contribution in [0.1, 0.15) is 18.4 Å². The van der Waals surface area contributed by atoms with E-state index in [-0.39, 0.29) is 11.6 Å². The largest absolute Gasteiger partial charge is 0.492 e. The molecule has 1 aliphatic rings. The summed E-state index contributed by atoms with van der Waals surface area (Å²) in [5.41, 5.74) is 0.993. The van der Waals surface area contributed by atoms with E-state index in [1.165, 1.54) is 20.0 Å². The number of benzene rings is 1. The van der Waals surface area contributed by atoms with Crippen molar-refractivity contribution in [2.45, 2.75) is 19.4 Å². The lowest BCUT2D eigenvalue weighted by molar-refractivity contribution is 0.329. The van der Waals surface area contributed by atoms with Crippen LogP contribution in [0, 0.1) is 5.82 Å². The van der Waals surface area contributed by atoms with Crippen molar-refractivity contribution in [3.63, 3.8) is 0 Å². The lowest BCUT2D eigenvalue weighted by Gasteiger charge is -2.15.